The molecular formula is C13H15N7O. The van der Waals surface area contributed by atoms with Crippen molar-refractivity contribution in [2.24, 2.45) is 0 Å². The Kier molecular flexibility index (Phi) is 3.88. The molecule has 108 valence electrons. The van der Waals surface area contributed by atoms with E-state index >= 15 is 0 Å². The second kappa shape index (κ2) is 6.14. The van der Waals surface area contributed by atoms with Crippen LogP contribution < -0.4 is 5.32 Å². The van der Waals surface area contributed by atoms with Gasteiger partial charge in [0, 0.05) is 12.4 Å². The third kappa shape index (κ3) is 3.23. The van der Waals surface area contributed by atoms with Crippen LogP contribution in [0.5, 0.6) is 0 Å². The second-order valence-corrected chi connectivity index (χ2v) is 4.43. The number of nitrogens with one attached hydrogen (secondary N) is 1. The number of nitrogens with zero attached hydrogens (tertiary/aromatic N) is 6. The van der Waals surface area contributed by atoms with Gasteiger partial charge in [-0.3, -0.25) is 4.57 Å². The fourth-order valence-electron chi connectivity index (χ4n) is 1.86. The van der Waals surface area contributed by atoms with Gasteiger partial charge in [0.25, 0.3) is 0 Å². The van der Waals surface area contributed by atoms with Gasteiger partial charge < -0.3 is 10.4 Å². The molecule has 3 rings (SSSR count). The predicted molar refractivity (Wildman–Crippen MR) is 75.8 cm³/mol. The fraction of sp³-hybridized carbons (Fsp3) is 0.231. The zero-order chi connectivity index (χ0) is 14.5. The minimum absolute atomic E-state index is 0.0514. The van der Waals surface area contributed by atoms with Crippen LogP contribution in [0.1, 0.15) is 5.69 Å². The summed E-state index contributed by atoms with van der Waals surface area (Å²) in [5.41, 5.74) is 1.71. The van der Waals surface area contributed by atoms with Gasteiger partial charge >= 0.3 is 0 Å². The van der Waals surface area contributed by atoms with Gasteiger partial charge in [-0.05, 0) is 12.1 Å². The van der Waals surface area contributed by atoms with E-state index in [4.69, 9.17) is 5.11 Å². The standard InChI is InChI=1S/C13H15N7O/c21-6-5-20-9-12(17-18-20)8-15-11-1-2-13(16-7-11)19-4-3-14-10-19/h1-4,7,9-10,15,21H,5-6,8H2. The lowest BCUT2D eigenvalue weighted by molar-refractivity contribution is 0.268. The van der Waals surface area contributed by atoms with Crippen molar-refractivity contribution in [3.8, 4) is 5.82 Å². The van der Waals surface area contributed by atoms with E-state index in [0.29, 0.717) is 13.1 Å². The minimum atomic E-state index is 0.0514. The molecule has 0 unspecified atom stereocenters. The summed E-state index contributed by atoms with van der Waals surface area (Å²) in [4.78, 5) is 8.34. The Morgan fingerprint density at radius 3 is 2.95 bits per heavy atom. The molecule has 0 aliphatic carbocycles. The molecule has 0 amide bonds. The summed E-state index contributed by atoms with van der Waals surface area (Å²) < 4.78 is 3.45. The summed E-state index contributed by atoms with van der Waals surface area (Å²) >= 11 is 0. The normalized spacial score (nSPS) is 10.7. The molecule has 0 saturated carbocycles. The molecule has 0 radical (unpaired) electrons. The van der Waals surface area contributed by atoms with Gasteiger partial charge in [-0.2, -0.15) is 0 Å². The average Bonchev–Trinajstić information content (AvgIpc) is 3.18. The number of anilines is 1. The summed E-state index contributed by atoms with van der Waals surface area (Å²) in [6, 6.07) is 3.85. The van der Waals surface area contributed by atoms with E-state index in [1.165, 1.54) is 0 Å². The van der Waals surface area contributed by atoms with Gasteiger partial charge in [0.05, 0.1) is 37.8 Å². The van der Waals surface area contributed by atoms with E-state index in [2.05, 4.69) is 25.6 Å². The molecule has 3 aromatic heterocycles. The molecular weight excluding hydrogens is 270 g/mol. The lowest BCUT2D eigenvalue weighted by Crippen LogP contribution is -2.02. The lowest BCUT2D eigenvalue weighted by Gasteiger charge is -2.05. The van der Waals surface area contributed by atoms with Crippen LogP contribution in [0, 0.1) is 0 Å². The van der Waals surface area contributed by atoms with Gasteiger partial charge in [-0.25, -0.2) is 14.6 Å². The summed E-state index contributed by atoms with van der Waals surface area (Å²) in [5, 5.41) is 20.0. The highest BCUT2D eigenvalue weighted by Gasteiger charge is 2.01. The van der Waals surface area contributed by atoms with Crippen LogP contribution in [0.25, 0.3) is 5.82 Å². The number of aliphatic hydroxyl groups is 1. The number of pyridine rings is 1. The van der Waals surface area contributed by atoms with Crippen LogP contribution in [0.15, 0.2) is 43.2 Å². The smallest absolute Gasteiger partial charge is 0.137 e. The van der Waals surface area contributed by atoms with Crippen LogP contribution in [0.2, 0.25) is 0 Å². The molecule has 0 fully saturated rings. The zero-order valence-corrected chi connectivity index (χ0v) is 11.3. The molecule has 21 heavy (non-hydrogen) atoms. The molecule has 0 spiro atoms. The van der Waals surface area contributed by atoms with Crippen LogP contribution in [0.4, 0.5) is 5.69 Å². The molecule has 8 nitrogen and oxygen atoms in total. The number of aliphatic hydroxyl groups excluding tert-OH is 1. The molecule has 8 heteroatoms. The SMILES string of the molecule is OCCn1cc(CNc2ccc(-n3ccnc3)nc2)nn1. The van der Waals surface area contributed by atoms with E-state index in [1.54, 1.807) is 29.6 Å². The highest BCUT2D eigenvalue weighted by Crippen LogP contribution is 2.10. The van der Waals surface area contributed by atoms with Crippen LogP contribution in [-0.2, 0) is 13.1 Å². The van der Waals surface area contributed by atoms with Crippen LogP contribution in [0.3, 0.4) is 0 Å². The van der Waals surface area contributed by atoms with Crippen molar-refractivity contribution >= 4 is 5.69 Å². The van der Waals surface area contributed by atoms with Gasteiger partial charge in [0.15, 0.2) is 0 Å². The minimum Gasteiger partial charge on any atom is -0.394 e. The van der Waals surface area contributed by atoms with Crippen LogP contribution >= 0.6 is 0 Å². The van der Waals surface area contributed by atoms with Gasteiger partial charge in [0.2, 0.25) is 0 Å². The number of imidazole rings is 1. The first kappa shape index (κ1) is 13.3. The van der Waals surface area contributed by atoms with Gasteiger partial charge in [0.1, 0.15) is 17.8 Å². The Hall–Kier alpha value is -2.74. The lowest BCUT2D eigenvalue weighted by atomic mass is 10.3. The molecule has 0 atom stereocenters. The third-order valence-electron chi connectivity index (χ3n) is 2.91. The molecule has 0 aromatic carbocycles. The van der Waals surface area contributed by atoms with Crippen molar-refractivity contribution in [2.75, 3.05) is 11.9 Å². The Morgan fingerprint density at radius 1 is 1.29 bits per heavy atom. The Balaban J connectivity index is 1.60. The molecule has 0 aliphatic rings. The first-order valence-corrected chi connectivity index (χ1v) is 6.53. The Bertz CT molecular complexity index is 675. The van der Waals surface area contributed by atoms with Gasteiger partial charge in [-0.1, -0.05) is 5.21 Å². The maximum Gasteiger partial charge on any atom is 0.137 e. The summed E-state index contributed by atoms with van der Waals surface area (Å²) in [6.07, 6.45) is 8.82. The average molecular weight is 285 g/mol. The molecule has 0 aliphatic heterocycles. The Labute approximate surface area is 121 Å². The summed E-state index contributed by atoms with van der Waals surface area (Å²) in [6.45, 7) is 1.06. The molecule has 3 heterocycles. The van der Waals surface area contributed by atoms with Crippen molar-refractivity contribution < 1.29 is 5.11 Å². The first-order chi connectivity index (χ1) is 10.3. The zero-order valence-electron chi connectivity index (χ0n) is 11.3. The first-order valence-electron chi connectivity index (χ1n) is 6.53. The van der Waals surface area contributed by atoms with E-state index < -0.39 is 0 Å². The highest BCUT2D eigenvalue weighted by molar-refractivity contribution is 5.43. The monoisotopic (exact) mass is 285 g/mol. The molecule has 0 bridgehead atoms. The Morgan fingerprint density at radius 2 is 2.24 bits per heavy atom. The van der Waals surface area contributed by atoms with E-state index in [0.717, 1.165) is 17.2 Å². The highest BCUT2D eigenvalue weighted by atomic mass is 16.3. The molecule has 0 saturated heterocycles. The maximum atomic E-state index is 8.82. The van der Waals surface area contributed by atoms with Crippen molar-refractivity contribution in [3.63, 3.8) is 0 Å². The fourth-order valence-corrected chi connectivity index (χ4v) is 1.86. The van der Waals surface area contributed by atoms with Crippen molar-refractivity contribution in [1.29, 1.82) is 0 Å². The van der Waals surface area contributed by atoms with Gasteiger partial charge in [-0.15, -0.1) is 5.10 Å². The van der Waals surface area contributed by atoms with E-state index in [-0.39, 0.29) is 6.61 Å². The largest absolute Gasteiger partial charge is 0.394 e. The summed E-state index contributed by atoms with van der Waals surface area (Å²) in [5.74, 6) is 0.812. The molecule has 3 aromatic rings. The van der Waals surface area contributed by atoms with Crippen molar-refractivity contribution in [1.82, 2.24) is 29.5 Å². The maximum absolute atomic E-state index is 8.82. The predicted octanol–water partition coefficient (Wildman–Crippen LogP) is 0.463. The number of rotatable bonds is 6. The number of hydrogen-bond donors (Lipinski definition) is 2. The quantitative estimate of drug-likeness (QED) is 0.683. The van der Waals surface area contributed by atoms with E-state index in [1.807, 2.05) is 22.9 Å². The van der Waals surface area contributed by atoms with Crippen molar-refractivity contribution in [3.05, 3.63) is 48.9 Å². The van der Waals surface area contributed by atoms with Crippen LogP contribution in [-0.4, -0.2) is 41.2 Å². The topological polar surface area (TPSA) is 93.7 Å². The molecule has 2 N–H and O–H groups in total. The summed E-state index contributed by atoms with van der Waals surface area (Å²) in [7, 11) is 0. The third-order valence-corrected chi connectivity index (χ3v) is 2.91. The number of aromatic nitrogens is 6. The second-order valence-electron chi connectivity index (χ2n) is 4.43. The van der Waals surface area contributed by atoms with E-state index in [9.17, 15) is 0 Å². The van der Waals surface area contributed by atoms with Crippen molar-refractivity contribution in [2.45, 2.75) is 13.1 Å². The number of hydrogen-bond acceptors (Lipinski definition) is 6.